The third-order valence-electron chi connectivity index (χ3n) is 8.48. The van der Waals surface area contributed by atoms with Gasteiger partial charge in [0.05, 0.1) is 24.3 Å². The Morgan fingerprint density at radius 3 is 2.44 bits per heavy atom. The number of hydrogen-bond acceptors (Lipinski definition) is 5. The maximum Gasteiger partial charge on any atom is 0.320 e. The first kappa shape index (κ1) is 23.3. The van der Waals surface area contributed by atoms with Gasteiger partial charge in [-0.3, -0.25) is 4.79 Å². The van der Waals surface area contributed by atoms with Gasteiger partial charge in [0.1, 0.15) is 5.75 Å². The summed E-state index contributed by atoms with van der Waals surface area (Å²) in [6.07, 6.45) is 5.74. The van der Waals surface area contributed by atoms with E-state index in [1.807, 2.05) is 28.0 Å². The number of carbonyl (C=O) groups excluding carboxylic acids is 2. The molecule has 0 bridgehead atoms. The van der Waals surface area contributed by atoms with Crippen LogP contribution in [0.25, 0.3) is 0 Å². The SMILES string of the molecule is COc1ccccc1N1CCN(C(=O)N2CCCC3(CCN(C4CCC(O)CC4)C3=O)C2)CC1. The van der Waals surface area contributed by atoms with Crippen LogP contribution in [0.2, 0.25) is 0 Å². The Labute approximate surface area is 202 Å². The summed E-state index contributed by atoms with van der Waals surface area (Å²) < 4.78 is 5.51. The van der Waals surface area contributed by atoms with Crippen molar-refractivity contribution in [2.24, 2.45) is 5.41 Å². The second-order valence-electron chi connectivity index (χ2n) is 10.4. The average Bonchev–Trinajstić information content (AvgIpc) is 3.19. The molecule has 3 aliphatic heterocycles. The largest absolute Gasteiger partial charge is 0.495 e. The molecule has 1 aromatic carbocycles. The summed E-state index contributed by atoms with van der Waals surface area (Å²) in [5.41, 5.74) is 0.657. The summed E-state index contributed by atoms with van der Waals surface area (Å²) in [5.74, 6) is 1.10. The number of methoxy groups -OCH3 is 1. The molecule has 0 aromatic heterocycles. The number of benzene rings is 1. The van der Waals surface area contributed by atoms with E-state index in [1.54, 1.807) is 7.11 Å². The first-order valence-corrected chi connectivity index (χ1v) is 12.9. The Bertz CT molecular complexity index is 895. The maximum atomic E-state index is 13.6. The smallest absolute Gasteiger partial charge is 0.320 e. The standard InChI is InChI=1S/C26H38N4O4/c1-34-23-6-3-2-5-22(23)27-15-17-28(18-16-27)25(33)29-13-4-11-26(19-29)12-14-30(24(26)32)20-7-9-21(31)10-8-20/h2-3,5-6,20-21,31H,4,7-19H2,1H3. The number of piperazine rings is 1. The monoisotopic (exact) mass is 470 g/mol. The fraction of sp³-hybridized carbons (Fsp3) is 0.692. The van der Waals surface area contributed by atoms with Crippen molar-refractivity contribution in [3.05, 3.63) is 24.3 Å². The van der Waals surface area contributed by atoms with Gasteiger partial charge in [-0.2, -0.15) is 0 Å². The van der Waals surface area contributed by atoms with Gasteiger partial charge >= 0.3 is 6.03 Å². The minimum absolute atomic E-state index is 0.0748. The van der Waals surface area contributed by atoms with Gasteiger partial charge < -0.3 is 29.4 Å². The van der Waals surface area contributed by atoms with Crippen LogP contribution in [0, 0.1) is 5.41 Å². The van der Waals surface area contributed by atoms with Crippen LogP contribution in [0.15, 0.2) is 24.3 Å². The van der Waals surface area contributed by atoms with Gasteiger partial charge in [-0.05, 0) is 57.1 Å². The normalized spacial score (nSPS) is 30.2. The van der Waals surface area contributed by atoms with Gasteiger partial charge in [0, 0.05) is 51.9 Å². The minimum atomic E-state index is -0.413. The fourth-order valence-electron chi connectivity index (χ4n) is 6.47. The van der Waals surface area contributed by atoms with Gasteiger partial charge in [0.25, 0.3) is 0 Å². The minimum Gasteiger partial charge on any atom is -0.495 e. The van der Waals surface area contributed by atoms with Crippen LogP contribution in [0.1, 0.15) is 44.9 Å². The van der Waals surface area contributed by atoms with Crippen molar-refractivity contribution in [3.63, 3.8) is 0 Å². The van der Waals surface area contributed by atoms with E-state index >= 15 is 0 Å². The Balaban J connectivity index is 1.19. The molecule has 1 unspecified atom stereocenters. The Morgan fingerprint density at radius 2 is 1.71 bits per heavy atom. The lowest BCUT2D eigenvalue weighted by Gasteiger charge is -2.43. The highest BCUT2D eigenvalue weighted by molar-refractivity contribution is 5.86. The van der Waals surface area contributed by atoms with Gasteiger partial charge in [-0.15, -0.1) is 0 Å². The molecule has 1 aliphatic carbocycles. The number of amides is 3. The molecule has 1 spiro atoms. The van der Waals surface area contributed by atoms with Crippen LogP contribution in [-0.2, 0) is 4.79 Å². The molecule has 1 atom stereocenters. The van der Waals surface area contributed by atoms with Crippen LogP contribution < -0.4 is 9.64 Å². The van der Waals surface area contributed by atoms with Gasteiger partial charge in [-0.1, -0.05) is 12.1 Å². The highest BCUT2D eigenvalue weighted by Gasteiger charge is 2.51. The lowest BCUT2D eigenvalue weighted by Crippen LogP contribution is -2.57. The lowest BCUT2D eigenvalue weighted by molar-refractivity contribution is -0.141. The third-order valence-corrected chi connectivity index (χ3v) is 8.48. The number of nitrogens with zero attached hydrogens (tertiary/aromatic N) is 4. The van der Waals surface area contributed by atoms with Crippen molar-refractivity contribution < 1.29 is 19.4 Å². The molecule has 0 radical (unpaired) electrons. The molecule has 8 heteroatoms. The van der Waals surface area contributed by atoms with E-state index in [9.17, 15) is 14.7 Å². The highest BCUT2D eigenvalue weighted by atomic mass is 16.5. The molecule has 4 fully saturated rings. The second-order valence-corrected chi connectivity index (χ2v) is 10.4. The summed E-state index contributed by atoms with van der Waals surface area (Å²) in [7, 11) is 1.69. The zero-order valence-electron chi connectivity index (χ0n) is 20.3. The highest BCUT2D eigenvalue weighted by Crippen LogP contribution is 2.42. The summed E-state index contributed by atoms with van der Waals surface area (Å²) in [4.78, 5) is 35.2. The average molecular weight is 471 g/mol. The molecule has 1 N–H and O–H groups in total. The molecule has 1 saturated carbocycles. The predicted octanol–water partition coefficient (Wildman–Crippen LogP) is 2.56. The molecule has 5 rings (SSSR count). The molecule has 3 amide bonds. The van der Waals surface area contributed by atoms with Crippen LogP contribution in [0.3, 0.4) is 0 Å². The van der Waals surface area contributed by atoms with E-state index in [4.69, 9.17) is 4.74 Å². The maximum absolute atomic E-state index is 13.6. The number of aliphatic hydroxyl groups is 1. The number of ether oxygens (including phenoxy) is 1. The first-order valence-electron chi connectivity index (χ1n) is 12.9. The number of piperidine rings is 1. The fourth-order valence-corrected chi connectivity index (χ4v) is 6.47. The van der Waals surface area contributed by atoms with Crippen molar-refractivity contribution in [1.82, 2.24) is 14.7 Å². The number of aliphatic hydroxyl groups excluding tert-OH is 1. The zero-order chi connectivity index (χ0) is 23.7. The van der Waals surface area contributed by atoms with Gasteiger partial charge in [0.2, 0.25) is 5.91 Å². The number of carbonyl (C=O) groups is 2. The summed E-state index contributed by atoms with van der Waals surface area (Å²) in [6.45, 7) is 4.95. The summed E-state index contributed by atoms with van der Waals surface area (Å²) >= 11 is 0. The molecular formula is C26H38N4O4. The Hall–Kier alpha value is -2.48. The number of rotatable bonds is 3. The van der Waals surface area contributed by atoms with Crippen molar-refractivity contribution in [2.45, 2.75) is 57.1 Å². The van der Waals surface area contributed by atoms with Crippen molar-refractivity contribution in [3.8, 4) is 5.75 Å². The van der Waals surface area contributed by atoms with Crippen LogP contribution in [0.4, 0.5) is 10.5 Å². The second kappa shape index (κ2) is 9.64. The first-order chi connectivity index (χ1) is 16.5. The van der Waals surface area contributed by atoms with E-state index in [0.29, 0.717) is 19.6 Å². The molecular weight excluding hydrogens is 432 g/mol. The van der Waals surface area contributed by atoms with E-state index in [1.165, 1.54) is 0 Å². The molecule has 3 heterocycles. The van der Waals surface area contributed by atoms with Crippen molar-refractivity contribution >= 4 is 17.6 Å². The van der Waals surface area contributed by atoms with E-state index in [-0.39, 0.29) is 24.1 Å². The van der Waals surface area contributed by atoms with E-state index in [2.05, 4.69) is 15.9 Å². The summed E-state index contributed by atoms with van der Waals surface area (Å²) in [5, 5.41) is 9.84. The van der Waals surface area contributed by atoms with Gasteiger partial charge in [-0.25, -0.2) is 4.79 Å². The predicted molar refractivity (Wildman–Crippen MR) is 130 cm³/mol. The number of likely N-dealkylation sites (tertiary alicyclic amines) is 2. The lowest BCUT2D eigenvalue weighted by atomic mass is 9.78. The van der Waals surface area contributed by atoms with Crippen molar-refractivity contribution in [1.29, 1.82) is 0 Å². The topological polar surface area (TPSA) is 76.6 Å². The van der Waals surface area contributed by atoms with Gasteiger partial charge in [0.15, 0.2) is 0 Å². The number of anilines is 1. The Morgan fingerprint density at radius 1 is 0.971 bits per heavy atom. The molecule has 8 nitrogen and oxygen atoms in total. The number of urea groups is 1. The molecule has 186 valence electrons. The molecule has 34 heavy (non-hydrogen) atoms. The van der Waals surface area contributed by atoms with E-state index in [0.717, 1.165) is 82.6 Å². The Kier molecular flexibility index (Phi) is 6.60. The van der Waals surface area contributed by atoms with Crippen LogP contribution in [0.5, 0.6) is 5.75 Å². The number of para-hydroxylation sites is 2. The third kappa shape index (κ3) is 4.32. The van der Waals surface area contributed by atoms with E-state index < -0.39 is 5.41 Å². The molecule has 3 saturated heterocycles. The quantitative estimate of drug-likeness (QED) is 0.735. The molecule has 4 aliphatic rings. The van der Waals surface area contributed by atoms with Crippen molar-refractivity contribution in [2.75, 3.05) is 57.8 Å². The van der Waals surface area contributed by atoms with Crippen LogP contribution >= 0.6 is 0 Å². The molecule has 1 aromatic rings. The van der Waals surface area contributed by atoms with Crippen LogP contribution in [-0.4, -0.2) is 96.8 Å². The number of hydrogen-bond donors (Lipinski definition) is 1. The zero-order valence-corrected chi connectivity index (χ0v) is 20.3. The summed E-state index contributed by atoms with van der Waals surface area (Å²) in [6, 6.07) is 8.35.